The largest absolute Gasteiger partial charge is 0.381 e. The highest BCUT2D eigenvalue weighted by Crippen LogP contribution is 2.28. The van der Waals surface area contributed by atoms with Gasteiger partial charge in [-0.15, -0.1) is 0 Å². The normalized spacial score (nSPS) is 11.1. The lowest BCUT2D eigenvalue weighted by Crippen LogP contribution is -2.14. The number of nitrogens with zero attached hydrogens (tertiary/aromatic N) is 2. The zero-order valence-electron chi connectivity index (χ0n) is 14.5. The number of benzene rings is 2. The molecule has 2 rings (SSSR count). The van der Waals surface area contributed by atoms with Crippen molar-refractivity contribution in [3.05, 3.63) is 57.1 Å². The predicted octanol–water partition coefficient (Wildman–Crippen LogP) is 5.83. The minimum absolute atomic E-state index is 0.648. The third-order valence-electron chi connectivity index (χ3n) is 3.92. The van der Waals surface area contributed by atoms with Crippen LogP contribution in [0.1, 0.15) is 23.6 Å². The van der Waals surface area contributed by atoms with Gasteiger partial charge in [-0.3, -0.25) is 0 Å². The Morgan fingerprint density at radius 3 is 2.54 bits per heavy atom. The molecule has 0 amide bonds. The summed E-state index contributed by atoms with van der Waals surface area (Å²) >= 11 is 12.2. The molecule has 0 saturated carbocycles. The van der Waals surface area contributed by atoms with Gasteiger partial charge in [0.2, 0.25) is 0 Å². The van der Waals surface area contributed by atoms with Gasteiger partial charge in [0.05, 0.1) is 12.0 Å². The molecule has 0 atom stereocenters. The van der Waals surface area contributed by atoms with Crippen LogP contribution in [-0.2, 0) is 6.54 Å². The molecule has 0 aliphatic rings. The maximum absolute atomic E-state index is 6.23. The Bertz CT molecular complexity index is 742. The van der Waals surface area contributed by atoms with Gasteiger partial charge in [-0.2, -0.15) is 0 Å². The van der Waals surface area contributed by atoms with Crippen LogP contribution in [0.4, 0.5) is 11.4 Å². The van der Waals surface area contributed by atoms with Gasteiger partial charge in [-0.25, -0.2) is 4.99 Å². The highest BCUT2D eigenvalue weighted by molar-refractivity contribution is 6.35. The van der Waals surface area contributed by atoms with Crippen LogP contribution in [0, 0.1) is 13.8 Å². The summed E-state index contributed by atoms with van der Waals surface area (Å²) in [6.07, 6.45) is 1.86. The van der Waals surface area contributed by atoms with Crippen molar-refractivity contribution in [2.45, 2.75) is 27.3 Å². The summed E-state index contributed by atoms with van der Waals surface area (Å²) in [4.78, 5) is 6.60. The van der Waals surface area contributed by atoms with Crippen molar-refractivity contribution in [1.29, 1.82) is 0 Å². The lowest BCUT2D eigenvalue weighted by atomic mass is 10.1. The van der Waals surface area contributed by atoms with E-state index < -0.39 is 0 Å². The Morgan fingerprint density at radius 1 is 1.12 bits per heavy atom. The first-order valence-electron chi connectivity index (χ1n) is 7.94. The van der Waals surface area contributed by atoms with Crippen LogP contribution in [0.3, 0.4) is 0 Å². The molecule has 24 heavy (non-hydrogen) atoms. The van der Waals surface area contributed by atoms with Gasteiger partial charge in [0, 0.05) is 35.9 Å². The van der Waals surface area contributed by atoms with E-state index in [0.29, 0.717) is 16.6 Å². The Labute approximate surface area is 154 Å². The second-order valence-electron chi connectivity index (χ2n) is 5.86. The third-order valence-corrected chi connectivity index (χ3v) is 4.51. The fourth-order valence-electron chi connectivity index (χ4n) is 2.23. The SMILES string of the molecule is CCN(C)/C=N\c1cc(C)c(NCc2ccc(Cl)cc2Cl)cc1C. The number of aryl methyl sites for hydroxylation is 2. The van der Waals surface area contributed by atoms with E-state index in [1.807, 2.05) is 30.4 Å². The van der Waals surface area contributed by atoms with E-state index in [9.17, 15) is 0 Å². The summed E-state index contributed by atoms with van der Waals surface area (Å²) in [6, 6.07) is 9.78. The average molecular weight is 364 g/mol. The molecule has 0 saturated heterocycles. The molecule has 2 aromatic carbocycles. The third kappa shape index (κ3) is 4.89. The summed E-state index contributed by atoms with van der Waals surface area (Å²) in [6.45, 7) is 7.83. The first-order valence-corrected chi connectivity index (χ1v) is 8.69. The summed E-state index contributed by atoms with van der Waals surface area (Å²) in [5.41, 5.74) is 5.37. The van der Waals surface area contributed by atoms with Crippen molar-refractivity contribution in [2.24, 2.45) is 4.99 Å². The van der Waals surface area contributed by atoms with Crippen LogP contribution in [0.15, 0.2) is 35.3 Å². The number of hydrogen-bond acceptors (Lipinski definition) is 2. The van der Waals surface area contributed by atoms with Gasteiger partial charge in [-0.05, 0) is 61.7 Å². The van der Waals surface area contributed by atoms with E-state index in [4.69, 9.17) is 23.2 Å². The van der Waals surface area contributed by atoms with Crippen LogP contribution in [0.2, 0.25) is 10.0 Å². The fourth-order valence-corrected chi connectivity index (χ4v) is 2.70. The Hall–Kier alpha value is -1.71. The molecule has 0 spiro atoms. The number of halogens is 2. The number of aliphatic imine (C=N–C) groups is 1. The second kappa shape index (κ2) is 8.41. The van der Waals surface area contributed by atoms with Gasteiger partial charge in [0.1, 0.15) is 0 Å². The van der Waals surface area contributed by atoms with Gasteiger partial charge in [0.25, 0.3) is 0 Å². The standard InChI is InChI=1S/C19H23Cl2N3/c1-5-24(4)12-23-19-9-13(2)18(8-14(19)3)22-11-15-6-7-16(20)10-17(15)21/h6-10,12,22H,5,11H2,1-4H3/b23-12-. The molecule has 5 heteroatoms. The van der Waals surface area contributed by atoms with Crippen molar-refractivity contribution >= 4 is 40.9 Å². The molecule has 0 aromatic heterocycles. The number of nitrogens with one attached hydrogen (secondary N) is 1. The zero-order chi connectivity index (χ0) is 17.7. The highest BCUT2D eigenvalue weighted by Gasteiger charge is 2.06. The lowest BCUT2D eigenvalue weighted by Gasteiger charge is -2.14. The van der Waals surface area contributed by atoms with Gasteiger partial charge < -0.3 is 10.2 Å². The molecule has 0 radical (unpaired) electrons. The van der Waals surface area contributed by atoms with E-state index in [2.05, 4.69) is 43.2 Å². The minimum Gasteiger partial charge on any atom is -0.381 e. The first kappa shape index (κ1) is 18.6. The first-order chi connectivity index (χ1) is 11.4. The Balaban J connectivity index is 2.14. The molecule has 0 fully saturated rings. The average Bonchev–Trinajstić information content (AvgIpc) is 2.54. The van der Waals surface area contributed by atoms with Crippen LogP contribution < -0.4 is 5.32 Å². The van der Waals surface area contributed by atoms with E-state index in [0.717, 1.165) is 34.6 Å². The molecule has 0 aliphatic carbocycles. The molecule has 3 nitrogen and oxygen atoms in total. The number of rotatable bonds is 6. The molecule has 0 unspecified atom stereocenters. The van der Waals surface area contributed by atoms with Crippen LogP contribution >= 0.6 is 23.2 Å². The summed E-state index contributed by atoms with van der Waals surface area (Å²) in [7, 11) is 2.01. The highest BCUT2D eigenvalue weighted by atomic mass is 35.5. The summed E-state index contributed by atoms with van der Waals surface area (Å²) < 4.78 is 0. The van der Waals surface area contributed by atoms with Gasteiger partial charge >= 0.3 is 0 Å². The predicted molar refractivity (Wildman–Crippen MR) is 106 cm³/mol. The second-order valence-corrected chi connectivity index (χ2v) is 6.70. The Kier molecular flexibility index (Phi) is 6.52. The van der Waals surface area contributed by atoms with Crippen molar-refractivity contribution in [3.8, 4) is 0 Å². The van der Waals surface area contributed by atoms with Crippen molar-refractivity contribution in [1.82, 2.24) is 4.90 Å². The van der Waals surface area contributed by atoms with Crippen molar-refractivity contribution < 1.29 is 0 Å². The van der Waals surface area contributed by atoms with Crippen molar-refractivity contribution in [3.63, 3.8) is 0 Å². The molecular weight excluding hydrogens is 341 g/mol. The molecule has 0 heterocycles. The van der Waals surface area contributed by atoms with Crippen molar-refractivity contribution in [2.75, 3.05) is 18.9 Å². The summed E-state index contributed by atoms with van der Waals surface area (Å²) in [5, 5.41) is 4.77. The molecular formula is C19H23Cl2N3. The minimum atomic E-state index is 0.648. The quantitative estimate of drug-likeness (QED) is 0.516. The van der Waals surface area contributed by atoms with Gasteiger partial charge in [0.15, 0.2) is 0 Å². The zero-order valence-corrected chi connectivity index (χ0v) is 16.0. The van der Waals surface area contributed by atoms with Crippen LogP contribution in [0.25, 0.3) is 0 Å². The van der Waals surface area contributed by atoms with E-state index in [1.165, 1.54) is 0 Å². The van der Waals surface area contributed by atoms with Crippen LogP contribution in [0.5, 0.6) is 0 Å². The van der Waals surface area contributed by atoms with E-state index in [1.54, 1.807) is 6.07 Å². The molecule has 128 valence electrons. The topological polar surface area (TPSA) is 27.6 Å². The lowest BCUT2D eigenvalue weighted by molar-refractivity contribution is 0.552. The maximum Gasteiger partial charge on any atom is 0.0909 e. The molecule has 2 aromatic rings. The molecule has 0 aliphatic heterocycles. The maximum atomic E-state index is 6.23. The number of hydrogen-bond donors (Lipinski definition) is 1. The Morgan fingerprint density at radius 2 is 1.88 bits per heavy atom. The van der Waals surface area contributed by atoms with E-state index >= 15 is 0 Å². The molecule has 1 N–H and O–H groups in total. The van der Waals surface area contributed by atoms with Crippen LogP contribution in [-0.4, -0.2) is 24.8 Å². The molecule has 0 bridgehead atoms. The summed E-state index contributed by atoms with van der Waals surface area (Å²) in [5.74, 6) is 0. The number of anilines is 1. The monoisotopic (exact) mass is 363 g/mol. The van der Waals surface area contributed by atoms with Gasteiger partial charge in [-0.1, -0.05) is 29.3 Å². The fraction of sp³-hybridized carbons (Fsp3) is 0.316. The van der Waals surface area contributed by atoms with E-state index in [-0.39, 0.29) is 0 Å². The smallest absolute Gasteiger partial charge is 0.0909 e.